The van der Waals surface area contributed by atoms with Gasteiger partial charge in [-0.15, -0.1) is 0 Å². The quantitative estimate of drug-likeness (QED) is 0.892. The number of hydrogen-bond donors (Lipinski definition) is 1. The van der Waals surface area contributed by atoms with Crippen molar-refractivity contribution in [2.75, 3.05) is 7.11 Å². The van der Waals surface area contributed by atoms with Crippen LogP contribution in [0.3, 0.4) is 0 Å². The molecule has 0 saturated heterocycles. The van der Waals surface area contributed by atoms with E-state index in [-0.39, 0.29) is 17.9 Å². The molecule has 0 aliphatic heterocycles. The molecule has 1 aromatic heterocycles. The van der Waals surface area contributed by atoms with E-state index in [1.165, 1.54) is 19.3 Å². The van der Waals surface area contributed by atoms with E-state index < -0.39 is 5.97 Å². The van der Waals surface area contributed by atoms with Crippen LogP contribution in [0.15, 0.2) is 4.52 Å². The first-order valence-electron chi connectivity index (χ1n) is 7.29. The van der Waals surface area contributed by atoms with Crippen molar-refractivity contribution in [1.82, 2.24) is 10.1 Å². The van der Waals surface area contributed by atoms with Crippen molar-refractivity contribution in [3.05, 3.63) is 11.7 Å². The molecule has 1 aromatic rings. The second-order valence-corrected chi connectivity index (χ2v) is 5.83. The van der Waals surface area contributed by atoms with Crippen molar-refractivity contribution in [3.8, 4) is 0 Å². The van der Waals surface area contributed by atoms with Crippen LogP contribution in [0.25, 0.3) is 0 Å². The Kier molecular flexibility index (Phi) is 3.74. The van der Waals surface area contributed by atoms with Crippen molar-refractivity contribution in [3.63, 3.8) is 0 Å². The molecular formula is C14H20N2O4. The number of ether oxygens (including phenoxy) is 1. The molecule has 110 valence electrons. The highest BCUT2D eigenvalue weighted by molar-refractivity contribution is 5.74. The Labute approximate surface area is 117 Å². The summed E-state index contributed by atoms with van der Waals surface area (Å²) in [6, 6.07) is 0. The van der Waals surface area contributed by atoms with Gasteiger partial charge in [0.1, 0.15) is 6.10 Å². The van der Waals surface area contributed by atoms with Crippen LogP contribution in [0.1, 0.15) is 62.3 Å². The molecule has 6 nitrogen and oxygen atoms in total. The van der Waals surface area contributed by atoms with Crippen LogP contribution in [0.4, 0.5) is 0 Å². The Balaban J connectivity index is 1.70. The van der Waals surface area contributed by atoms with Crippen LogP contribution in [-0.2, 0) is 9.53 Å². The van der Waals surface area contributed by atoms with Crippen LogP contribution in [0.2, 0.25) is 0 Å². The Bertz CT molecular complexity index is 481. The lowest BCUT2D eigenvalue weighted by Crippen LogP contribution is -2.19. The van der Waals surface area contributed by atoms with Gasteiger partial charge in [0, 0.05) is 7.11 Å². The maximum atomic E-state index is 10.9. The van der Waals surface area contributed by atoms with Crippen LogP contribution in [-0.4, -0.2) is 28.3 Å². The van der Waals surface area contributed by atoms with Crippen molar-refractivity contribution >= 4 is 5.97 Å². The lowest BCUT2D eigenvalue weighted by Gasteiger charge is -2.26. The number of aliphatic carboxylic acids is 1. The van der Waals surface area contributed by atoms with E-state index in [9.17, 15) is 4.79 Å². The molecule has 2 saturated carbocycles. The first-order chi connectivity index (χ1) is 9.70. The zero-order valence-corrected chi connectivity index (χ0v) is 11.6. The lowest BCUT2D eigenvalue weighted by molar-refractivity contribution is -0.138. The molecule has 6 heteroatoms. The molecule has 2 fully saturated rings. The lowest BCUT2D eigenvalue weighted by atomic mass is 9.85. The van der Waals surface area contributed by atoms with E-state index in [1.54, 1.807) is 7.11 Å². The standard InChI is InChI=1S/C14H20N2O4/c1-19-11(8-5-3-2-4-6-8)12-15-13(20-16-12)9-7-10(9)14(17)18/h8-11H,2-7H2,1H3,(H,17,18). The van der Waals surface area contributed by atoms with Crippen LogP contribution >= 0.6 is 0 Å². The molecule has 0 bridgehead atoms. The highest BCUT2D eigenvalue weighted by atomic mass is 16.5. The third kappa shape index (κ3) is 2.57. The SMILES string of the molecule is COC(c1noc(C2CC2C(=O)O)n1)C1CCCCC1. The number of rotatable bonds is 5. The molecule has 0 aromatic carbocycles. The van der Waals surface area contributed by atoms with E-state index in [0.29, 0.717) is 24.1 Å². The zero-order chi connectivity index (χ0) is 14.1. The fourth-order valence-corrected chi connectivity index (χ4v) is 3.20. The van der Waals surface area contributed by atoms with Gasteiger partial charge in [0.05, 0.1) is 11.8 Å². The molecule has 3 rings (SSSR count). The van der Waals surface area contributed by atoms with E-state index in [2.05, 4.69) is 10.1 Å². The largest absolute Gasteiger partial charge is 0.481 e. The van der Waals surface area contributed by atoms with Gasteiger partial charge >= 0.3 is 5.97 Å². The normalized spacial score (nSPS) is 28.2. The maximum Gasteiger partial charge on any atom is 0.307 e. The number of carboxylic acid groups (broad SMARTS) is 1. The second-order valence-electron chi connectivity index (χ2n) is 5.83. The van der Waals surface area contributed by atoms with Crippen molar-refractivity contribution in [1.29, 1.82) is 0 Å². The number of methoxy groups -OCH3 is 1. The van der Waals surface area contributed by atoms with Crippen molar-refractivity contribution in [2.45, 2.75) is 50.5 Å². The topological polar surface area (TPSA) is 85.5 Å². The predicted molar refractivity (Wildman–Crippen MR) is 69.1 cm³/mol. The number of aromatic nitrogens is 2. The molecular weight excluding hydrogens is 260 g/mol. The summed E-state index contributed by atoms with van der Waals surface area (Å²) in [4.78, 5) is 15.3. The monoisotopic (exact) mass is 280 g/mol. The van der Waals surface area contributed by atoms with Crippen LogP contribution in [0.5, 0.6) is 0 Å². The minimum atomic E-state index is -0.787. The van der Waals surface area contributed by atoms with Gasteiger partial charge in [-0.05, 0) is 25.2 Å². The summed E-state index contributed by atoms with van der Waals surface area (Å²) >= 11 is 0. The fraction of sp³-hybridized carbons (Fsp3) is 0.786. The molecule has 2 aliphatic carbocycles. The minimum Gasteiger partial charge on any atom is -0.481 e. The second kappa shape index (κ2) is 5.52. The Morgan fingerprint density at radius 3 is 2.75 bits per heavy atom. The zero-order valence-electron chi connectivity index (χ0n) is 11.6. The van der Waals surface area contributed by atoms with Gasteiger partial charge in [0.25, 0.3) is 0 Å². The molecule has 0 spiro atoms. The predicted octanol–water partition coefficient (Wildman–Crippen LogP) is 2.53. The third-order valence-electron chi connectivity index (χ3n) is 4.47. The Hall–Kier alpha value is -1.43. The summed E-state index contributed by atoms with van der Waals surface area (Å²) < 4.78 is 10.8. The van der Waals surface area contributed by atoms with E-state index in [0.717, 1.165) is 12.8 Å². The number of nitrogens with zero attached hydrogens (tertiary/aromatic N) is 2. The Morgan fingerprint density at radius 2 is 2.15 bits per heavy atom. The average molecular weight is 280 g/mol. The number of carboxylic acids is 1. The summed E-state index contributed by atoms with van der Waals surface area (Å²) in [6.07, 6.45) is 6.45. The smallest absolute Gasteiger partial charge is 0.307 e. The molecule has 0 radical (unpaired) electrons. The molecule has 1 N–H and O–H groups in total. The molecule has 1 heterocycles. The van der Waals surface area contributed by atoms with Gasteiger partial charge in [-0.1, -0.05) is 24.4 Å². The fourth-order valence-electron chi connectivity index (χ4n) is 3.20. The first-order valence-corrected chi connectivity index (χ1v) is 7.29. The van der Waals surface area contributed by atoms with Gasteiger partial charge < -0.3 is 14.4 Å². The van der Waals surface area contributed by atoms with Gasteiger partial charge in [0.15, 0.2) is 0 Å². The van der Waals surface area contributed by atoms with E-state index in [1.807, 2.05) is 0 Å². The molecule has 0 amide bonds. The summed E-state index contributed by atoms with van der Waals surface area (Å²) in [7, 11) is 1.67. The summed E-state index contributed by atoms with van der Waals surface area (Å²) in [5.74, 6) is 0.200. The number of carbonyl (C=O) groups is 1. The van der Waals surface area contributed by atoms with Gasteiger partial charge in [-0.25, -0.2) is 0 Å². The van der Waals surface area contributed by atoms with Crippen LogP contribution in [0, 0.1) is 11.8 Å². The van der Waals surface area contributed by atoms with Gasteiger partial charge in [-0.3, -0.25) is 4.79 Å². The first kappa shape index (κ1) is 13.5. The molecule has 3 unspecified atom stereocenters. The average Bonchev–Trinajstić information content (AvgIpc) is 3.13. The molecule has 3 atom stereocenters. The van der Waals surface area contributed by atoms with Gasteiger partial charge in [0.2, 0.25) is 11.7 Å². The highest BCUT2D eigenvalue weighted by Gasteiger charge is 2.48. The third-order valence-corrected chi connectivity index (χ3v) is 4.47. The Morgan fingerprint density at radius 1 is 1.40 bits per heavy atom. The minimum absolute atomic E-state index is 0.113. The van der Waals surface area contributed by atoms with E-state index in [4.69, 9.17) is 14.4 Å². The molecule has 2 aliphatic rings. The maximum absolute atomic E-state index is 10.9. The summed E-state index contributed by atoms with van der Waals surface area (Å²) in [5, 5.41) is 12.9. The van der Waals surface area contributed by atoms with Crippen molar-refractivity contribution < 1.29 is 19.2 Å². The summed E-state index contributed by atoms with van der Waals surface area (Å²) in [5.41, 5.74) is 0. The van der Waals surface area contributed by atoms with Crippen LogP contribution < -0.4 is 0 Å². The highest BCUT2D eigenvalue weighted by Crippen LogP contribution is 2.47. The van der Waals surface area contributed by atoms with E-state index >= 15 is 0 Å². The molecule has 20 heavy (non-hydrogen) atoms. The summed E-state index contributed by atoms with van der Waals surface area (Å²) in [6.45, 7) is 0. The van der Waals surface area contributed by atoms with Crippen molar-refractivity contribution in [2.24, 2.45) is 11.8 Å². The van der Waals surface area contributed by atoms with Gasteiger partial charge in [-0.2, -0.15) is 4.98 Å². The number of hydrogen-bond acceptors (Lipinski definition) is 5.